The summed E-state index contributed by atoms with van der Waals surface area (Å²) in [4.78, 5) is 15.8. The molecule has 2 aliphatic rings. The van der Waals surface area contributed by atoms with Gasteiger partial charge in [0.05, 0.1) is 12.2 Å². The van der Waals surface area contributed by atoms with Crippen molar-refractivity contribution in [2.75, 3.05) is 6.54 Å². The van der Waals surface area contributed by atoms with Gasteiger partial charge in [-0.2, -0.15) is 0 Å². The highest BCUT2D eigenvalue weighted by atomic mass is 19.2. The van der Waals surface area contributed by atoms with Crippen molar-refractivity contribution in [3.63, 3.8) is 0 Å². The first-order valence-corrected chi connectivity index (χ1v) is 8.35. The molecule has 26 heavy (non-hydrogen) atoms. The number of carbonyl (C=O) groups is 1. The molecule has 9 heteroatoms. The van der Waals surface area contributed by atoms with Gasteiger partial charge in [-0.3, -0.25) is 0 Å². The van der Waals surface area contributed by atoms with Crippen molar-refractivity contribution in [1.82, 2.24) is 20.2 Å². The van der Waals surface area contributed by atoms with Crippen LogP contribution in [0.4, 0.5) is 18.0 Å². The van der Waals surface area contributed by atoms with Crippen LogP contribution in [0.2, 0.25) is 0 Å². The van der Waals surface area contributed by atoms with Crippen molar-refractivity contribution in [2.24, 2.45) is 0 Å². The summed E-state index contributed by atoms with van der Waals surface area (Å²) >= 11 is 0. The predicted molar refractivity (Wildman–Crippen MR) is 85.3 cm³/mol. The van der Waals surface area contributed by atoms with E-state index < -0.39 is 35.5 Å². The molecule has 1 aliphatic heterocycles. The van der Waals surface area contributed by atoms with Gasteiger partial charge in [0, 0.05) is 49.7 Å². The van der Waals surface area contributed by atoms with Gasteiger partial charge in [-0.05, 0) is 11.6 Å². The van der Waals surface area contributed by atoms with E-state index in [2.05, 4.69) is 20.2 Å². The normalized spacial score (nSPS) is 21.8. The number of nitrogens with zero attached hydrogens (tertiary/aromatic N) is 2. The van der Waals surface area contributed by atoms with E-state index in [-0.39, 0.29) is 12.0 Å². The van der Waals surface area contributed by atoms with Crippen molar-refractivity contribution in [3.05, 3.63) is 52.4 Å². The lowest BCUT2D eigenvalue weighted by Gasteiger charge is -2.32. The van der Waals surface area contributed by atoms with Gasteiger partial charge in [-0.25, -0.2) is 22.9 Å². The Morgan fingerprint density at radius 3 is 2.77 bits per heavy atom. The lowest BCUT2D eigenvalue weighted by Crippen LogP contribution is -2.44. The number of carboxylic acid groups (broad SMARTS) is 1. The van der Waals surface area contributed by atoms with Crippen molar-refractivity contribution in [2.45, 2.75) is 37.9 Å². The minimum absolute atomic E-state index is 0.0441. The number of imidazole rings is 1. The number of hydrogen-bond donors (Lipinski definition) is 3. The smallest absolute Gasteiger partial charge is 0.404 e. The third kappa shape index (κ3) is 2.82. The van der Waals surface area contributed by atoms with Crippen LogP contribution in [-0.4, -0.2) is 33.3 Å². The van der Waals surface area contributed by atoms with Gasteiger partial charge in [-0.15, -0.1) is 0 Å². The van der Waals surface area contributed by atoms with Crippen molar-refractivity contribution >= 4 is 6.09 Å². The van der Waals surface area contributed by atoms with Crippen LogP contribution in [0, 0.1) is 17.5 Å². The van der Waals surface area contributed by atoms with Crippen LogP contribution in [0.15, 0.2) is 12.1 Å². The number of aromatic nitrogens is 2. The summed E-state index contributed by atoms with van der Waals surface area (Å²) in [6, 6.07) is 0.657. The van der Waals surface area contributed by atoms with E-state index in [9.17, 15) is 18.0 Å². The Hall–Kier alpha value is -2.55. The van der Waals surface area contributed by atoms with Gasteiger partial charge in [0.2, 0.25) is 0 Å². The highest BCUT2D eigenvalue weighted by molar-refractivity contribution is 5.65. The Labute approximate surface area is 147 Å². The van der Waals surface area contributed by atoms with Crippen LogP contribution in [0.3, 0.4) is 0 Å². The van der Waals surface area contributed by atoms with Crippen LogP contribution in [-0.2, 0) is 25.9 Å². The van der Waals surface area contributed by atoms with Gasteiger partial charge in [0.1, 0.15) is 11.6 Å². The molecule has 0 saturated heterocycles. The predicted octanol–water partition coefficient (Wildman–Crippen LogP) is 1.92. The minimum atomic E-state index is -1.27. The van der Waals surface area contributed by atoms with Crippen LogP contribution >= 0.6 is 0 Å². The first kappa shape index (κ1) is 16.9. The van der Waals surface area contributed by atoms with E-state index in [1.54, 1.807) is 0 Å². The topological polar surface area (TPSA) is 79.2 Å². The summed E-state index contributed by atoms with van der Waals surface area (Å²) in [6.45, 7) is 2.12. The van der Waals surface area contributed by atoms with E-state index in [0.717, 1.165) is 36.4 Å². The third-order valence-electron chi connectivity index (χ3n) is 5.09. The average Bonchev–Trinajstić information content (AvgIpc) is 2.95. The second kappa shape index (κ2) is 6.31. The maximum Gasteiger partial charge on any atom is 0.404 e. The van der Waals surface area contributed by atoms with Crippen molar-refractivity contribution in [1.29, 1.82) is 0 Å². The zero-order chi connectivity index (χ0) is 18.4. The fraction of sp³-hybridized carbons (Fsp3) is 0.412. The maximum atomic E-state index is 14.3. The van der Waals surface area contributed by atoms with Gasteiger partial charge < -0.3 is 20.3 Å². The lowest BCUT2D eigenvalue weighted by molar-refractivity contribution is 0.186. The maximum absolute atomic E-state index is 14.3. The zero-order valence-corrected chi connectivity index (χ0v) is 13.7. The Morgan fingerprint density at radius 2 is 2.00 bits per heavy atom. The van der Waals surface area contributed by atoms with E-state index in [1.165, 1.54) is 0 Å². The largest absolute Gasteiger partial charge is 0.465 e. The fourth-order valence-electron chi connectivity index (χ4n) is 3.93. The van der Waals surface area contributed by atoms with Crippen LogP contribution in [0.1, 0.15) is 28.7 Å². The number of benzene rings is 1. The van der Waals surface area contributed by atoms with Crippen molar-refractivity contribution in [3.8, 4) is 0 Å². The summed E-state index contributed by atoms with van der Waals surface area (Å²) in [5.41, 5.74) is 1.62. The highest BCUT2D eigenvalue weighted by Gasteiger charge is 2.36. The average molecular weight is 366 g/mol. The molecule has 1 amide bonds. The summed E-state index contributed by atoms with van der Waals surface area (Å²) in [7, 11) is 0. The Kier molecular flexibility index (Phi) is 4.10. The first-order valence-electron chi connectivity index (χ1n) is 8.35. The molecular formula is C17H17F3N4O2. The quantitative estimate of drug-likeness (QED) is 0.710. The molecule has 6 nitrogen and oxygen atoms in total. The first-order chi connectivity index (χ1) is 12.4. The third-order valence-corrected chi connectivity index (χ3v) is 5.09. The molecule has 0 fully saturated rings. The summed E-state index contributed by atoms with van der Waals surface area (Å²) < 4.78 is 43.3. The molecule has 2 unspecified atom stereocenters. The summed E-state index contributed by atoms with van der Waals surface area (Å²) in [5, 5.41) is 14.8. The van der Waals surface area contributed by atoms with Gasteiger partial charge in [0.25, 0.3) is 0 Å². The van der Waals surface area contributed by atoms with Crippen LogP contribution in [0.25, 0.3) is 0 Å². The fourth-order valence-corrected chi connectivity index (χ4v) is 3.93. The Balaban J connectivity index is 1.77. The van der Waals surface area contributed by atoms with Gasteiger partial charge in [0.15, 0.2) is 11.6 Å². The van der Waals surface area contributed by atoms with Gasteiger partial charge >= 0.3 is 6.09 Å². The molecular weight excluding hydrogens is 349 g/mol. The number of halogens is 3. The monoisotopic (exact) mass is 366 g/mol. The van der Waals surface area contributed by atoms with E-state index in [4.69, 9.17) is 5.11 Å². The number of fused-ring (bicyclic) bond motifs is 3. The molecule has 4 rings (SSSR count). The van der Waals surface area contributed by atoms with Crippen LogP contribution < -0.4 is 10.6 Å². The SMILES string of the molecule is O=C(O)NC1Cc2c(nc3n2CCNC3)CC1c1cc(F)c(F)cc1F. The Bertz CT molecular complexity index is 883. The molecule has 0 spiro atoms. The van der Waals surface area contributed by atoms with E-state index in [1.807, 2.05) is 0 Å². The molecule has 0 bridgehead atoms. The summed E-state index contributed by atoms with van der Waals surface area (Å²) in [6.07, 6.45) is -0.675. The molecule has 1 aromatic carbocycles. The molecule has 3 N–H and O–H groups in total. The molecule has 0 saturated carbocycles. The second-order valence-electron chi connectivity index (χ2n) is 6.61. The molecule has 1 aromatic heterocycles. The minimum Gasteiger partial charge on any atom is -0.465 e. The zero-order valence-electron chi connectivity index (χ0n) is 13.7. The lowest BCUT2D eigenvalue weighted by atomic mass is 9.80. The van der Waals surface area contributed by atoms with Crippen LogP contribution in [0.5, 0.6) is 0 Å². The standard InChI is InChI=1S/C17H17F3N4O2/c18-10-5-12(20)11(19)3-8(10)9-4-14-15(6-13(9)23-17(25)26)24-2-1-21-7-16(24)22-14/h3,5,9,13,21,23H,1-2,4,6-7H2,(H,25,26). The van der Waals surface area contributed by atoms with E-state index >= 15 is 0 Å². The number of amides is 1. The number of nitrogens with one attached hydrogen (secondary N) is 2. The number of hydrogen-bond acceptors (Lipinski definition) is 3. The van der Waals surface area contributed by atoms with E-state index in [0.29, 0.717) is 19.0 Å². The Morgan fingerprint density at radius 1 is 1.23 bits per heavy atom. The molecule has 0 radical (unpaired) electrons. The van der Waals surface area contributed by atoms with Gasteiger partial charge in [-0.1, -0.05) is 0 Å². The highest BCUT2D eigenvalue weighted by Crippen LogP contribution is 2.35. The molecule has 138 valence electrons. The second-order valence-corrected chi connectivity index (χ2v) is 6.61. The molecule has 2 heterocycles. The molecule has 1 aliphatic carbocycles. The summed E-state index contributed by atoms with van der Waals surface area (Å²) in [5.74, 6) is -3.14. The van der Waals surface area contributed by atoms with Crippen molar-refractivity contribution < 1.29 is 23.1 Å². The molecule has 2 atom stereocenters. The molecule has 2 aromatic rings. The number of rotatable bonds is 2.